The van der Waals surface area contributed by atoms with Gasteiger partial charge < -0.3 is 0 Å². The first-order chi connectivity index (χ1) is 8.41. The molecule has 7 heteroatoms. The molecule has 0 fully saturated rings. The summed E-state index contributed by atoms with van der Waals surface area (Å²) < 4.78 is 38.3. The minimum absolute atomic E-state index is 0.285. The fourth-order valence-electron chi connectivity index (χ4n) is 1.43. The number of alkyl halides is 4. The number of nitrogens with zero attached hydrogens (tertiary/aromatic N) is 2. The normalized spacial score (nSPS) is 11.8. The summed E-state index contributed by atoms with van der Waals surface area (Å²) in [6.45, 7) is 0. The van der Waals surface area contributed by atoms with Crippen LogP contribution in [0.3, 0.4) is 0 Å². The first kappa shape index (κ1) is 13.2. The van der Waals surface area contributed by atoms with Crippen LogP contribution in [0.25, 0.3) is 5.69 Å². The lowest BCUT2D eigenvalue weighted by atomic mass is 10.2. The molecule has 0 aliphatic carbocycles. The van der Waals surface area contributed by atoms with Crippen LogP contribution in [-0.4, -0.2) is 9.78 Å². The summed E-state index contributed by atoms with van der Waals surface area (Å²) in [5.74, 6) is 0.285. The maximum Gasteiger partial charge on any atom is 0.435 e. The van der Waals surface area contributed by atoms with Crippen molar-refractivity contribution in [2.75, 3.05) is 0 Å². The molecule has 0 saturated heterocycles. The predicted octanol–water partition coefficient (Wildman–Crippen LogP) is 4.28. The van der Waals surface area contributed by atoms with Crippen LogP contribution in [0, 0.1) is 0 Å². The van der Waals surface area contributed by atoms with Gasteiger partial charge >= 0.3 is 6.18 Å². The summed E-state index contributed by atoms with van der Waals surface area (Å²) in [7, 11) is 0. The largest absolute Gasteiger partial charge is 0.435 e. The molecule has 0 bridgehead atoms. The maximum absolute atomic E-state index is 12.4. The van der Waals surface area contributed by atoms with Crippen molar-refractivity contribution in [3.63, 3.8) is 0 Å². The van der Waals surface area contributed by atoms with Gasteiger partial charge in [-0.05, 0) is 23.8 Å². The maximum atomic E-state index is 12.4. The predicted molar refractivity (Wildman–Crippen MR) is 63.1 cm³/mol. The molecule has 2 nitrogen and oxygen atoms in total. The Kier molecular flexibility index (Phi) is 3.54. The Morgan fingerprint density at radius 1 is 1.22 bits per heavy atom. The van der Waals surface area contributed by atoms with Gasteiger partial charge in [-0.2, -0.15) is 18.3 Å². The Morgan fingerprint density at radius 3 is 2.44 bits per heavy atom. The molecule has 1 heterocycles. The number of aromatic nitrogens is 2. The Hall–Kier alpha value is -1.20. The van der Waals surface area contributed by atoms with Crippen LogP contribution < -0.4 is 0 Å². The summed E-state index contributed by atoms with van der Waals surface area (Å²) in [6.07, 6.45) is -3.25. The van der Waals surface area contributed by atoms with E-state index in [0.717, 1.165) is 16.3 Å². The lowest BCUT2D eigenvalue weighted by Gasteiger charge is -2.06. The number of hydrogen-bond donors (Lipinski definition) is 0. The van der Waals surface area contributed by atoms with E-state index in [4.69, 9.17) is 23.2 Å². The van der Waals surface area contributed by atoms with Crippen molar-refractivity contribution in [1.29, 1.82) is 0 Å². The van der Waals surface area contributed by atoms with E-state index in [0.29, 0.717) is 10.7 Å². The van der Waals surface area contributed by atoms with Gasteiger partial charge in [0.25, 0.3) is 0 Å². The molecule has 0 N–H and O–H groups in total. The summed E-state index contributed by atoms with van der Waals surface area (Å²) >= 11 is 11.6. The van der Waals surface area contributed by atoms with Crippen LogP contribution in [0.5, 0.6) is 0 Å². The highest BCUT2D eigenvalue weighted by molar-refractivity contribution is 6.32. The van der Waals surface area contributed by atoms with Gasteiger partial charge in [0.15, 0.2) is 5.69 Å². The van der Waals surface area contributed by atoms with Gasteiger partial charge in [-0.15, -0.1) is 11.6 Å². The Bertz CT molecular complexity index is 564. The minimum atomic E-state index is -4.46. The molecule has 0 radical (unpaired) electrons. The van der Waals surface area contributed by atoms with Crippen LogP contribution in [0.15, 0.2) is 30.5 Å². The third-order valence-electron chi connectivity index (χ3n) is 2.29. The third kappa shape index (κ3) is 2.62. The summed E-state index contributed by atoms with van der Waals surface area (Å²) in [5, 5.41) is 3.74. The summed E-state index contributed by atoms with van der Waals surface area (Å²) in [4.78, 5) is 0. The monoisotopic (exact) mass is 294 g/mol. The van der Waals surface area contributed by atoms with Crippen molar-refractivity contribution in [2.45, 2.75) is 12.1 Å². The smallest absolute Gasteiger partial charge is 0.239 e. The van der Waals surface area contributed by atoms with Crippen molar-refractivity contribution in [3.8, 4) is 5.69 Å². The third-order valence-corrected chi connectivity index (χ3v) is 2.90. The molecule has 2 aromatic rings. The molecule has 0 saturated carbocycles. The number of hydrogen-bond acceptors (Lipinski definition) is 1. The zero-order valence-corrected chi connectivity index (χ0v) is 10.4. The molecule has 96 valence electrons. The minimum Gasteiger partial charge on any atom is -0.239 e. The molecule has 0 aliphatic rings. The van der Waals surface area contributed by atoms with Gasteiger partial charge in [-0.25, -0.2) is 4.68 Å². The van der Waals surface area contributed by atoms with E-state index in [9.17, 15) is 13.2 Å². The van der Waals surface area contributed by atoms with E-state index < -0.39 is 11.9 Å². The van der Waals surface area contributed by atoms with Crippen molar-refractivity contribution in [1.82, 2.24) is 9.78 Å². The molecule has 0 spiro atoms. The van der Waals surface area contributed by atoms with Crippen LogP contribution >= 0.6 is 23.2 Å². The lowest BCUT2D eigenvalue weighted by molar-refractivity contribution is -0.141. The number of halogens is 5. The molecule has 0 atom stereocenters. The van der Waals surface area contributed by atoms with Crippen molar-refractivity contribution >= 4 is 23.2 Å². The zero-order valence-electron chi connectivity index (χ0n) is 8.88. The molecule has 2 rings (SSSR count). The highest BCUT2D eigenvalue weighted by atomic mass is 35.5. The van der Waals surface area contributed by atoms with Crippen molar-refractivity contribution in [3.05, 3.63) is 46.7 Å². The van der Waals surface area contributed by atoms with Gasteiger partial charge in [-0.1, -0.05) is 17.7 Å². The fourth-order valence-corrected chi connectivity index (χ4v) is 1.88. The standard InChI is InChI=1S/C11H7Cl2F3N2/c12-6-7-1-2-9(8(13)5-7)18-4-3-10(17-18)11(14,15)16/h1-5H,6H2. The van der Waals surface area contributed by atoms with Gasteiger partial charge in [0, 0.05) is 12.1 Å². The number of benzene rings is 1. The van der Waals surface area contributed by atoms with Gasteiger partial charge in [0.2, 0.25) is 0 Å². The van der Waals surface area contributed by atoms with E-state index in [1.165, 1.54) is 6.20 Å². The highest BCUT2D eigenvalue weighted by Gasteiger charge is 2.33. The fraction of sp³-hybridized carbons (Fsp3) is 0.182. The SMILES string of the molecule is FC(F)(F)c1ccn(-c2ccc(CCl)cc2Cl)n1. The molecular formula is C11H7Cl2F3N2. The van der Waals surface area contributed by atoms with Crippen LogP contribution in [0.4, 0.5) is 13.2 Å². The molecule has 0 aliphatic heterocycles. The Balaban J connectivity index is 2.40. The highest BCUT2D eigenvalue weighted by Crippen LogP contribution is 2.29. The van der Waals surface area contributed by atoms with Gasteiger partial charge in [0.05, 0.1) is 10.7 Å². The van der Waals surface area contributed by atoms with E-state index in [1.807, 2.05) is 0 Å². The molecule has 1 aromatic carbocycles. The second-order valence-electron chi connectivity index (χ2n) is 3.56. The van der Waals surface area contributed by atoms with Crippen LogP contribution in [-0.2, 0) is 12.1 Å². The molecule has 0 unspecified atom stereocenters. The van der Waals surface area contributed by atoms with Crippen LogP contribution in [0.2, 0.25) is 5.02 Å². The van der Waals surface area contributed by atoms with E-state index in [-0.39, 0.29) is 5.88 Å². The van der Waals surface area contributed by atoms with Gasteiger partial charge in [0.1, 0.15) is 0 Å². The van der Waals surface area contributed by atoms with E-state index in [2.05, 4.69) is 5.10 Å². The average molecular weight is 295 g/mol. The van der Waals surface area contributed by atoms with E-state index in [1.54, 1.807) is 18.2 Å². The topological polar surface area (TPSA) is 17.8 Å². The Labute approximate surface area is 111 Å². The zero-order chi connectivity index (χ0) is 13.3. The summed E-state index contributed by atoms with van der Waals surface area (Å²) in [6, 6.07) is 5.75. The molecular weight excluding hydrogens is 288 g/mol. The first-order valence-corrected chi connectivity index (χ1v) is 5.80. The summed E-state index contributed by atoms with van der Waals surface area (Å²) in [5.41, 5.74) is 0.203. The van der Waals surface area contributed by atoms with Crippen molar-refractivity contribution < 1.29 is 13.2 Å². The quantitative estimate of drug-likeness (QED) is 0.756. The lowest BCUT2D eigenvalue weighted by Crippen LogP contribution is -2.07. The average Bonchev–Trinajstić information content (AvgIpc) is 2.77. The molecule has 1 aromatic heterocycles. The molecule has 18 heavy (non-hydrogen) atoms. The Morgan fingerprint density at radius 2 is 1.94 bits per heavy atom. The second-order valence-corrected chi connectivity index (χ2v) is 4.24. The number of rotatable bonds is 2. The van der Waals surface area contributed by atoms with Crippen LogP contribution in [0.1, 0.15) is 11.3 Å². The van der Waals surface area contributed by atoms with Crippen molar-refractivity contribution in [2.24, 2.45) is 0 Å². The molecule has 0 amide bonds. The van der Waals surface area contributed by atoms with Gasteiger partial charge in [-0.3, -0.25) is 0 Å². The first-order valence-electron chi connectivity index (χ1n) is 4.89. The second kappa shape index (κ2) is 4.82. The van der Waals surface area contributed by atoms with E-state index >= 15 is 0 Å².